The predicted octanol–water partition coefficient (Wildman–Crippen LogP) is -0.480. The molecular formula is C7H16AlO2. The molecule has 0 amide bonds. The Morgan fingerprint density at radius 1 is 1.10 bits per heavy atom. The van der Waals surface area contributed by atoms with Gasteiger partial charge in [0.25, 0.3) is 0 Å². The SMILES string of the molecule is CC(C)[O-].CCC(C)[O-].[Al+2]. The summed E-state index contributed by atoms with van der Waals surface area (Å²) in [5.74, 6) is 0. The van der Waals surface area contributed by atoms with Crippen molar-refractivity contribution >= 4 is 17.4 Å². The normalized spacial score (nSPS) is 11.1. The van der Waals surface area contributed by atoms with Crippen LogP contribution in [0.5, 0.6) is 0 Å². The van der Waals surface area contributed by atoms with Crippen molar-refractivity contribution < 1.29 is 10.2 Å². The molecule has 2 nitrogen and oxygen atoms in total. The Morgan fingerprint density at radius 2 is 1.20 bits per heavy atom. The first-order chi connectivity index (χ1) is 4.00. The summed E-state index contributed by atoms with van der Waals surface area (Å²) in [4.78, 5) is 0. The van der Waals surface area contributed by atoms with Crippen molar-refractivity contribution in [1.29, 1.82) is 0 Å². The molecule has 1 unspecified atom stereocenters. The maximum atomic E-state index is 9.90. The second-order valence-electron chi connectivity index (χ2n) is 2.27. The summed E-state index contributed by atoms with van der Waals surface area (Å²) in [6, 6.07) is 0. The van der Waals surface area contributed by atoms with E-state index >= 15 is 0 Å². The molecule has 0 fully saturated rings. The van der Waals surface area contributed by atoms with Crippen molar-refractivity contribution in [3.8, 4) is 0 Å². The summed E-state index contributed by atoms with van der Waals surface area (Å²) >= 11 is 0. The number of rotatable bonds is 1. The molecule has 59 valence electrons. The Kier molecular flexibility index (Phi) is 20.4. The summed E-state index contributed by atoms with van der Waals surface area (Å²) < 4.78 is 0. The van der Waals surface area contributed by atoms with Crippen LogP contribution in [0.3, 0.4) is 0 Å². The van der Waals surface area contributed by atoms with Crippen LogP contribution in [0.25, 0.3) is 0 Å². The van der Waals surface area contributed by atoms with E-state index in [0.29, 0.717) is 0 Å². The van der Waals surface area contributed by atoms with Gasteiger partial charge in [-0.1, -0.05) is 34.1 Å². The molecule has 0 aliphatic heterocycles. The van der Waals surface area contributed by atoms with Gasteiger partial charge in [0, 0.05) is 0 Å². The minimum absolute atomic E-state index is 0. The molecule has 0 heterocycles. The van der Waals surface area contributed by atoms with Gasteiger partial charge in [-0.3, -0.25) is 0 Å². The van der Waals surface area contributed by atoms with E-state index in [0.717, 1.165) is 6.42 Å². The van der Waals surface area contributed by atoms with E-state index in [1.807, 2.05) is 6.92 Å². The average molecular weight is 159 g/mol. The topological polar surface area (TPSA) is 46.1 Å². The molecule has 0 aliphatic carbocycles. The zero-order chi connectivity index (χ0) is 7.86. The van der Waals surface area contributed by atoms with Crippen LogP contribution in [0.4, 0.5) is 0 Å². The molecule has 10 heavy (non-hydrogen) atoms. The third-order valence-electron chi connectivity index (χ3n) is 0.575. The molecule has 0 rings (SSSR count). The Labute approximate surface area is 74.4 Å². The second kappa shape index (κ2) is 12.2. The van der Waals surface area contributed by atoms with Crippen molar-refractivity contribution in [1.82, 2.24) is 0 Å². The molecule has 0 aromatic rings. The quantitative estimate of drug-likeness (QED) is 0.485. The molecule has 0 aromatic heterocycles. The van der Waals surface area contributed by atoms with Gasteiger partial charge in [-0.2, -0.15) is 0 Å². The van der Waals surface area contributed by atoms with Gasteiger partial charge in [0.15, 0.2) is 0 Å². The van der Waals surface area contributed by atoms with E-state index in [2.05, 4.69) is 0 Å². The van der Waals surface area contributed by atoms with Crippen LogP contribution in [-0.2, 0) is 0 Å². The first-order valence-corrected chi connectivity index (χ1v) is 3.32. The molecule has 1 radical (unpaired) electrons. The van der Waals surface area contributed by atoms with Gasteiger partial charge >= 0.3 is 17.4 Å². The largest absolute Gasteiger partial charge is 2.00 e. The standard InChI is InChI=1S/C4H9O.C3H7O.Al/c1-3-4(2)5;1-3(2)4;/h4H,3H2,1-2H3;3H,1-2H3;/q2*-1;+2. The van der Waals surface area contributed by atoms with Crippen molar-refractivity contribution in [2.75, 3.05) is 0 Å². The molecular weight excluding hydrogens is 143 g/mol. The fraction of sp³-hybridized carbons (Fsp3) is 1.00. The minimum atomic E-state index is -0.417. The monoisotopic (exact) mass is 159 g/mol. The van der Waals surface area contributed by atoms with Gasteiger partial charge in [0.2, 0.25) is 0 Å². The molecule has 0 saturated carbocycles. The summed E-state index contributed by atoms with van der Waals surface area (Å²) in [6.45, 7) is 6.78. The second-order valence-corrected chi connectivity index (χ2v) is 2.27. The Morgan fingerprint density at radius 3 is 1.20 bits per heavy atom. The van der Waals surface area contributed by atoms with Crippen LogP contribution < -0.4 is 10.2 Å². The van der Waals surface area contributed by atoms with Crippen LogP contribution in [-0.4, -0.2) is 29.6 Å². The first-order valence-electron chi connectivity index (χ1n) is 3.32. The fourth-order valence-electron chi connectivity index (χ4n) is 0. The van der Waals surface area contributed by atoms with Crippen LogP contribution in [0.1, 0.15) is 34.1 Å². The molecule has 0 spiro atoms. The predicted molar refractivity (Wildman–Crippen MR) is 40.6 cm³/mol. The molecule has 0 saturated heterocycles. The minimum Gasteiger partial charge on any atom is -0.852 e. The molecule has 0 N–H and O–H groups in total. The maximum absolute atomic E-state index is 9.90. The van der Waals surface area contributed by atoms with E-state index in [4.69, 9.17) is 0 Å². The van der Waals surface area contributed by atoms with Gasteiger partial charge in [0.1, 0.15) is 0 Å². The zero-order valence-electron chi connectivity index (χ0n) is 7.26. The van der Waals surface area contributed by atoms with Crippen LogP contribution in [0.2, 0.25) is 0 Å². The van der Waals surface area contributed by atoms with Crippen LogP contribution in [0, 0.1) is 0 Å². The summed E-state index contributed by atoms with van der Waals surface area (Å²) in [5, 5.41) is 19.4. The van der Waals surface area contributed by atoms with E-state index in [-0.39, 0.29) is 23.5 Å². The summed E-state index contributed by atoms with van der Waals surface area (Å²) in [5.41, 5.74) is 0. The summed E-state index contributed by atoms with van der Waals surface area (Å²) in [7, 11) is 0. The average Bonchev–Trinajstić information content (AvgIpc) is 1.65. The molecule has 0 bridgehead atoms. The number of hydrogen-bond donors (Lipinski definition) is 0. The van der Waals surface area contributed by atoms with Crippen LogP contribution >= 0.6 is 0 Å². The zero-order valence-corrected chi connectivity index (χ0v) is 8.41. The van der Waals surface area contributed by atoms with Crippen molar-refractivity contribution in [2.24, 2.45) is 0 Å². The first kappa shape index (κ1) is 16.8. The summed E-state index contributed by atoms with van der Waals surface area (Å²) in [6.07, 6.45) is -0.0324. The van der Waals surface area contributed by atoms with Gasteiger partial charge in [-0.15, -0.1) is 12.2 Å². The Hall–Kier alpha value is 0.452. The third-order valence-corrected chi connectivity index (χ3v) is 0.575. The van der Waals surface area contributed by atoms with E-state index in [1.54, 1.807) is 20.8 Å². The van der Waals surface area contributed by atoms with E-state index in [9.17, 15) is 10.2 Å². The third kappa shape index (κ3) is 78.1. The van der Waals surface area contributed by atoms with Gasteiger partial charge < -0.3 is 10.2 Å². The van der Waals surface area contributed by atoms with E-state index < -0.39 is 6.10 Å². The Balaban J connectivity index is -0.0000000910. The van der Waals surface area contributed by atoms with Gasteiger partial charge in [-0.05, 0) is 0 Å². The van der Waals surface area contributed by atoms with Gasteiger partial charge in [0.05, 0.1) is 0 Å². The van der Waals surface area contributed by atoms with Gasteiger partial charge in [-0.25, -0.2) is 0 Å². The Bertz CT molecular complexity index is 44.1. The van der Waals surface area contributed by atoms with Crippen molar-refractivity contribution in [2.45, 2.75) is 46.3 Å². The fourth-order valence-corrected chi connectivity index (χ4v) is 0. The molecule has 3 heteroatoms. The molecule has 1 atom stereocenters. The smallest absolute Gasteiger partial charge is 0.852 e. The molecule has 0 aromatic carbocycles. The van der Waals surface area contributed by atoms with E-state index in [1.165, 1.54) is 0 Å². The van der Waals surface area contributed by atoms with Crippen molar-refractivity contribution in [3.05, 3.63) is 0 Å². The van der Waals surface area contributed by atoms with Crippen molar-refractivity contribution in [3.63, 3.8) is 0 Å². The molecule has 0 aliphatic rings. The maximum Gasteiger partial charge on any atom is 2.00 e. The van der Waals surface area contributed by atoms with Crippen LogP contribution in [0.15, 0.2) is 0 Å². The number of hydrogen-bond acceptors (Lipinski definition) is 2.